The zero-order valence-corrected chi connectivity index (χ0v) is 17.2. The Bertz CT molecular complexity index is 713. The molecule has 1 N–H and O–H groups in total. The number of ether oxygens (including phenoxy) is 3. The summed E-state index contributed by atoms with van der Waals surface area (Å²) < 4.78 is 39.8. The number of benzene rings is 1. The molecule has 0 bridgehead atoms. The molecule has 29 heavy (non-hydrogen) atoms. The number of likely N-dealkylation sites (tertiary alicyclic amines) is 1. The number of halogens is 2. The monoisotopic (exact) mass is 414 g/mol. The maximum atomic E-state index is 12.5. The molecule has 2 amide bonds. The van der Waals surface area contributed by atoms with Gasteiger partial charge in [-0.3, -0.25) is 4.79 Å². The molecule has 9 heteroatoms. The molecule has 1 aliphatic heterocycles. The predicted octanol–water partition coefficient (Wildman–Crippen LogP) is 3.56. The second kappa shape index (κ2) is 9.76. The molecule has 0 saturated carbocycles. The van der Waals surface area contributed by atoms with Crippen LogP contribution in [0.2, 0.25) is 0 Å². The second-order valence-corrected chi connectivity index (χ2v) is 7.82. The molecule has 1 aromatic carbocycles. The first-order chi connectivity index (χ1) is 13.6. The van der Waals surface area contributed by atoms with E-state index in [-0.39, 0.29) is 36.0 Å². The van der Waals surface area contributed by atoms with Crippen molar-refractivity contribution in [3.63, 3.8) is 0 Å². The Balaban J connectivity index is 1.85. The Morgan fingerprint density at radius 2 is 1.86 bits per heavy atom. The highest BCUT2D eigenvalue weighted by molar-refractivity contribution is 5.79. The van der Waals surface area contributed by atoms with Gasteiger partial charge in [-0.15, -0.1) is 0 Å². The largest absolute Gasteiger partial charge is 0.493 e. The third kappa shape index (κ3) is 7.07. The van der Waals surface area contributed by atoms with Crippen LogP contribution in [0.3, 0.4) is 0 Å². The van der Waals surface area contributed by atoms with Crippen molar-refractivity contribution in [1.29, 1.82) is 0 Å². The van der Waals surface area contributed by atoms with Gasteiger partial charge >= 0.3 is 12.7 Å². The molecular formula is C20H28F2N2O5. The van der Waals surface area contributed by atoms with Gasteiger partial charge in [-0.1, -0.05) is 6.07 Å². The fourth-order valence-corrected chi connectivity index (χ4v) is 3.00. The summed E-state index contributed by atoms with van der Waals surface area (Å²) >= 11 is 0. The Morgan fingerprint density at radius 1 is 1.21 bits per heavy atom. The molecule has 0 spiro atoms. The van der Waals surface area contributed by atoms with Crippen molar-refractivity contribution in [2.24, 2.45) is 5.92 Å². The Morgan fingerprint density at radius 3 is 2.41 bits per heavy atom. The molecule has 1 saturated heterocycles. The molecule has 0 radical (unpaired) electrons. The first-order valence-corrected chi connectivity index (χ1v) is 9.46. The molecule has 0 atom stereocenters. The second-order valence-electron chi connectivity index (χ2n) is 7.82. The predicted molar refractivity (Wildman–Crippen MR) is 102 cm³/mol. The van der Waals surface area contributed by atoms with E-state index < -0.39 is 12.2 Å². The third-order valence-corrected chi connectivity index (χ3v) is 4.43. The van der Waals surface area contributed by atoms with E-state index in [0.717, 1.165) is 0 Å². The Hall–Kier alpha value is -2.58. The topological polar surface area (TPSA) is 77.1 Å². The van der Waals surface area contributed by atoms with E-state index >= 15 is 0 Å². The standard InChI is InChI=1S/C20H28F2N2O5/c1-20(2,3)29-19(26)24-9-7-14(8-10-24)17(25)23-12-13-5-6-15(27-4)16(11-13)28-18(21)22/h5-6,11,14,18H,7-10,12H2,1-4H3,(H,23,25). The first-order valence-electron chi connectivity index (χ1n) is 9.46. The van der Waals surface area contributed by atoms with Gasteiger partial charge in [0.25, 0.3) is 0 Å². The van der Waals surface area contributed by atoms with Crippen LogP contribution >= 0.6 is 0 Å². The summed E-state index contributed by atoms with van der Waals surface area (Å²) in [6, 6.07) is 4.59. The van der Waals surface area contributed by atoms with E-state index in [9.17, 15) is 18.4 Å². The van der Waals surface area contributed by atoms with Gasteiger partial charge in [0.05, 0.1) is 7.11 Å². The van der Waals surface area contributed by atoms with Crippen LogP contribution in [0.25, 0.3) is 0 Å². The van der Waals surface area contributed by atoms with Crippen molar-refractivity contribution in [3.05, 3.63) is 23.8 Å². The molecule has 7 nitrogen and oxygen atoms in total. The Kier molecular flexibility index (Phi) is 7.64. The van der Waals surface area contributed by atoms with E-state index in [2.05, 4.69) is 10.1 Å². The quantitative estimate of drug-likeness (QED) is 0.770. The molecule has 0 aliphatic carbocycles. The van der Waals surface area contributed by atoms with Crippen LogP contribution in [0.4, 0.5) is 13.6 Å². The zero-order chi connectivity index (χ0) is 21.6. The maximum absolute atomic E-state index is 12.5. The van der Waals surface area contributed by atoms with Crippen molar-refractivity contribution >= 4 is 12.0 Å². The average Bonchev–Trinajstić information content (AvgIpc) is 2.64. The minimum atomic E-state index is -2.97. The molecule has 1 heterocycles. The fourth-order valence-electron chi connectivity index (χ4n) is 3.00. The van der Waals surface area contributed by atoms with Gasteiger partial charge in [-0.05, 0) is 51.3 Å². The van der Waals surface area contributed by atoms with Crippen LogP contribution in [0.5, 0.6) is 11.5 Å². The summed E-state index contributed by atoms with van der Waals surface area (Å²) in [6.45, 7) is 3.52. The van der Waals surface area contributed by atoms with Crippen molar-refractivity contribution in [2.75, 3.05) is 20.2 Å². The van der Waals surface area contributed by atoms with Crippen molar-refractivity contribution in [2.45, 2.75) is 52.4 Å². The lowest BCUT2D eigenvalue weighted by molar-refractivity contribution is -0.126. The molecule has 162 valence electrons. The minimum absolute atomic E-state index is 0.0834. The van der Waals surface area contributed by atoms with E-state index in [1.807, 2.05) is 20.8 Å². The summed E-state index contributed by atoms with van der Waals surface area (Å²) in [5.41, 5.74) is 0.0531. The lowest BCUT2D eigenvalue weighted by Gasteiger charge is -2.32. The van der Waals surface area contributed by atoms with Gasteiger partial charge in [0.15, 0.2) is 11.5 Å². The summed E-state index contributed by atoms with van der Waals surface area (Å²) in [5.74, 6) is -0.250. The van der Waals surface area contributed by atoms with Crippen LogP contribution in [-0.2, 0) is 16.1 Å². The number of rotatable bonds is 6. The highest BCUT2D eigenvalue weighted by atomic mass is 19.3. The fraction of sp³-hybridized carbons (Fsp3) is 0.600. The van der Waals surface area contributed by atoms with Crippen LogP contribution in [0.15, 0.2) is 18.2 Å². The first kappa shape index (κ1) is 22.7. The lowest BCUT2D eigenvalue weighted by Crippen LogP contribution is -2.44. The molecule has 0 unspecified atom stereocenters. The zero-order valence-electron chi connectivity index (χ0n) is 17.2. The summed E-state index contributed by atoms with van der Waals surface area (Å²) in [5, 5.41) is 2.81. The number of methoxy groups -OCH3 is 1. The minimum Gasteiger partial charge on any atom is -0.493 e. The number of alkyl halides is 2. The molecule has 1 aliphatic rings. The van der Waals surface area contributed by atoms with Crippen molar-refractivity contribution < 1.29 is 32.6 Å². The maximum Gasteiger partial charge on any atom is 0.410 e. The van der Waals surface area contributed by atoms with E-state index in [1.165, 1.54) is 19.2 Å². The normalized spacial score (nSPS) is 15.2. The van der Waals surface area contributed by atoms with Crippen LogP contribution in [0.1, 0.15) is 39.2 Å². The number of piperidine rings is 1. The van der Waals surface area contributed by atoms with Gasteiger partial charge in [0, 0.05) is 25.6 Å². The van der Waals surface area contributed by atoms with Crippen LogP contribution < -0.4 is 14.8 Å². The van der Waals surface area contributed by atoms with E-state index in [4.69, 9.17) is 9.47 Å². The summed E-state index contributed by atoms with van der Waals surface area (Å²) in [4.78, 5) is 26.1. The van der Waals surface area contributed by atoms with E-state index in [1.54, 1.807) is 11.0 Å². The SMILES string of the molecule is COc1ccc(CNC(=O)C2CCN(C(=O)OC(C)(C)C)CC2)cc1OC(F)F. The number of carbonyl (C=O) groups is 2. The summed E-state index contributed by atoms with van der Waals surface area (Å²) in [6.07, 6.45) is 0.696. The molecule has 0 aromatic heterocycles. The number of nitrogens with one attached hydrogen (secondary N) is 1. The average molecular weight is 414 g/mol. The number of hydrogen-bond donors (Lipinski definition) is 1. The van der Waals surface area contributed by atoms with Gasteiger partial charge in [0.1, 0.15) is 5.60 Å². The molecule has 1 fully saturated rings. The van der Waals surface area contributed by atoms with Gasteiger partial charge < -0.3 is 24.4 Å². The number of carbonyl (C=O) groups excluding carboxylic acids is 2. The lowest BCUT2D eigenvalue weighted by atomic mass is 9.96. The third-order valence-electron chi connectivity index (χ3n) is 4.43. The van der Waals surface area contributed by atoms with E-state index in [0.29, 0.717) is 31.5 Å². The smallest absolute Gasteiger partial charge is 0.410 e. The van der Waals surface area contributed by atoms with Crippen LogP contribution in [0, 0.1) is 5.92 Å². The molecule has 1 aromatic rings. The van der Waals surface area contributed by atoms with Crippen molar-refractivity contribution in [1.82, 2.24) is 10.2 Å². The number of nitrogens with zero attached hydrogens (tertiary/aromatic N) is 1. The van der Waals surface area contributed by atoms with Gasteiger partial charge in [0.2, 0.25) is 5.91 Å². The van der Waals surface area contributed by atoms with Crippen LogP contribution in [-0.4, -0.2) is 49.3 Å². The molecular weight excluding hydrogens is 386 g/mol. The Labute approximate surface area is 169 Å². The molecule has 2 rings (SSSR count). The van der Waals surface area contributed by atoms with Gasteiger partial charge in [-0.2, -0.15) is 8.78 Å². The highest BCUT2D eigenvalue weighted by Gasteiger charge is 2.29. The number of hydrogen-bond acceptors (Lipinski definition) is 5. The van der Waals surface area contributed by atoms with Crippen molar-refractivity contribution in [3.8, 4) is 11.5 Å². The van der Waals surface area contributed by atoms with Gasteiger partial charge in [-0.25, -0.2) is 4.79 Å². The number of amides is 2. The summed E-state index contributed by atoms with van der Waals surface area (Å²) in [7, 11) is 1.36. The highest BCUT2D eigenvalue weighted by Crippen LogP contribution is 2.29.